The monoisotopic (exact) mass is 555 g/mol. The molecule has 1 aliphatic rings. The minimum absolute atomic E-state index is 0.228. The molecule has 1 unspecified atom stereocenters. The van der Waals surface area contributed by atoms with Crippen LogP contribution in [-0.4, -0.2) is 44.6 Å². The van der Waals surface area contributed by atoms with E-state index in [4.69, 9.17) is 9.15 Å². The second-order valence-corrected chi connectivity index (χ2v) is 10.3. The van der Waals surface area contributed by atoms with Crippen LogP contribution in [0.2, 0.25) is 0 Å². The van der Waals surface area contributed by atoms with Gasteiger partial charge in [-0.25, -0.2) is 4.39 Å². The van der Waals surface area contributed by atoms with E-state index in [2.05, 4.69) is 29.4 Å². The lowest BCUT2D eigenvalue weighted by Gasteiger charge is -2.32. The van der Waals surface area contributed by atoms with Gasteiger partial charge in [-0.05, 0) is 75.2 Å². The Morgan fingerprint density at radius 1 is 1.02 bits per heavy atom. The van der Waals surface area contributed by atoms with Gasteiger partial charge in [0.25, 0.3) is 11.8 Å². The summed E-state index contributed by atoms with van der Waals surface area (Å²) in [6.07, 6.45) is 4.77. The molecule has 1 heterocycles. The van der Waals surface area contributed by atoms with E-state index in [9.17, 15) is 14.0 Å². The first-order valence-electron chi connectivity index (χ1n) is 13.7. The lowest BCUT2D eigenvalue weighted by atomic mass is 9.87. The summed E-state index contributed by atoms with van der Waals surface area (Å²) in [4.78, 5) is 28.8. The molecular weight excluding hydrogens is 521 g/mol. The van der Waals surface area contributed by atoms with Crippen molar-refractivity contribution in [3.05, 3.63) is 83.7 Å². The Hall–Kier alpha value is -4.59. The molecule has 5 rings (SSSR count). The maximum atomic E-state index is 13.7. The van der Waals surface area contributed by atoms with Gasteiger partial charge in [0.2, 0.25) is 0 Å². The number of hydrogen-bond donors (Lipinski definition) is 2. The quantitative estimate of drug-likeness (QED) is 0.228. The number of rotatable bonds is 9. The van der Waals surface area contributed by atoms with Crippen molar-refractivity contribution in [3.63, 3.8) is 0 Å². The summed E-state index contributed by atoms with van der Waals surface area (Å²) >= 11 is 0. The molecule has 3 aromatic carbocycles. The SMILES string of the molecule is CCN(CC)c1cc2oc(-c3ccc(F)cc3)c(C(=O)NC)c2cc1-c1ccc(OC)c(C(=O)NC2(C)C=CC2)c1. The normalized spacial score (nSPS) is 15.9. The van der Waals surface area contributed by atoms with Gasteiger partial charge in [-0.3, -0.25) is 9.59 Å². The maximum absolute atomic E-state index is 13.7. The Labute approximate surface area is 239 Å². The Balaban J connectivity index is 1.73. The molecule has 4 aromatic rings. The van der Waals surface area contributed by atoms with Crippen LogP contribution in [0.15, 0.2) is 71.2 Å². The highest BCUT2D eigenvalue weighted by atomic mass is 19.1. The van der Waals surface area contributed by atoms with Gasteiger partial charge in [0, 0.05) is 48.4 Å². The van der Waals surface area contributed by atoms with Crippen LogP contribution in [0.5, 0.6) is 5.75 Å². The molecule has 0 fully saturated rings. The van der Waals surface area contributed by atoms with E-state index in [1.54, 1.807) is 32.4 Å². The van der Waals surface area contributed by atoms with Crippen molar-refractivity contribution in [1.82, 2.24) is 10.6 Å². The highest BCUT2D eigenvalue weighted by Gasteiger charge is 2.30. The van der Waals surface area contributed by atoms with Crippen LogP contribution in [0.1, 0.15) is 47.9 Å². The number of nitrogens with zero attached hydrogens (tertiary/aromatic N) is 1. The van der Waals surface area contributed by atoms with Crippen LogP contribution in [0.3, 0.4) is 0 Å². The average molecular weight is 556 g/mol. The van der Waals surface area contributed by atoms with Gasteiger partial charge < -0.3 is 24.7 Å². The number of furan rings is 1. The molecule has 41 heavy (non-hydrogen) atoms. The standard InChI is InChI=1S/C33H34FN3O4/c1-6-37(7-2)26-19-28-24(29(32(39)35-4)30(41-28)20-9-12-22(34)13-10-20)18-23(26)21-11-14-27(40-5)25(17-21)31(38)36-33(3)15-8-16-33/h8-15,17-19H,6-7,16H2,1-5H3,(H,35,39)(H,36,38). The molecule has 0 aliphatic heterocycles. The van der Waals surface area contributed by atoms with Gasteiger partial charge in [-0.1, -0.05) is 18.2 Å². The van der Waals surface area contributed by atoms with Crippen molar-refractivity contribution >= 4 is 28.5 Å². The van der Waals surface area contributed by atoms with Crippen LogP contribution in [0, 0.1) is 5.82 Å². The molecule has 0 saturated carbocycles. The lowest BCUT2D eigenvalue weighted by Crippen LogP contribution is -2.47. The molecule has 2 amide bonds. The van der Waals surface area contributed by atoms with Gasteiger partial charge in [-0.2, -0.15) is 0 Å². The topological polar surface area (TPSA) is 83.8 Å². The number of anilines is 1. The van der Waals surface area contributed by atoms with Crippen LogP contribution in [0.4, 0.5) is 10.1 Å². The molecule has 1 atom stereocenters. The fourth-order valence-electron chi connectivity index (χ4n) is 5.29. The number of carbonyl (C=O) groups is 2. The van der Waals surface area contributed by atoms with Crippen LogP contribution in [-0.2, 0) is 0 Å². The highest BCUT2D eigenvalue weighted by molar-refractivity contribution is 6.13. The van der Waals surface area contributed by atoms with E-state index in [-0.39, 0.29) is 23.2 Å². The molecule has 1 aliphatic carbocycles. The molecule has 1 aromatic heterocycles. The van der Waals surface area contributed by atoms with Crippen LogP contribution < -0.4 is 20.3 Å². The number of fused-ring (bicyclic) bond motifs is 1. The van der Waals surface area contributed by atoms with Gasteiger partial charge in [0.15, 0.2) is 0 Å². The summed E-state index contributed by atoms with van der Waals surface area (Å²) in [5.74, 6) is -0.0931. The van der Waals surface area contributed by atoms with Crippen LogP contribution in [0.25, 0.3) is 33.4 Å². The zero-order chi connectivity index (χ0) is 29.3. The number of methoxy groups -OCH3 is 1. The molecule has 2 N–H and O–H groups in total. The van der Waals surface area contributed by atoms with Gasteiger partial charge in [0.05, 0.1) is 23.8 Å². The minimum Gasteiger partial charge on any atom is -0.496 e. The molecule has 212 valence electrons. The van der Waals surface area contributed by atoms with E-state index >= 15 is 0 Å². The first kappa shape index (κ1) is 28.0. The Bertz CT molecular complexity index is 1650. The van der Waals surface area contributed by atoms with Crippen molar-refractivity contribution < 1.29 is 23.1 Å². The summed E-state index contributed by atoms with van der Waals surface area (Å²) in [7, 11) is 3.11. The lowest BCUT2D eigenvalue weighted by molar-refractivity contribution is 0.0913. The molecule has 7 nitrogen and oxygen atoms in total. The van der Waals surface area contributed by atoms with E-state index in [0.29, 0.717) is 39.2 Å². The first-order chi connectivity index (χ1) is 19.7. The van der Waals surface area contributed by atoms with Crippen molar-refractivity contribution in [1.29, 1.82) is 0 Å². The zero-order valence-electron chi connectivity index (χ0n) is 23.9. The Kier molecular flexibility index (Phi) is 7.58. The van der Waals surface area contributed by atoms with Crippen molar-refractivity contribution in [3.8, 4) is 28.2 Å². The number of ether oxygens (including phenoxy) is 1. The Morgan fingerprint density at radius 3 is 2.29 bits per heavy atom. The summed E-state index contributed by atoms with van der Waals surface area (Å²) in [6, 6.07) is 15.3. The van der Waals surface area contributed by atoms with Gasteiger partial charge in [0.1, 0.15) is 22.9 Å². The molecule has 0 bridgehead atoms. The fourth-order valence-corrected chi connectivity index (χ4v) is 5.29. The predicted octanol–water partition coefficient (Wildman–Crippen LogP) is 6.57. The van der Waals surface area contributed by atoms with Gasteiger partial charge in [-0.15, -0.1) is 0 Å². The predicted molar refractivity (Wildman–Crippen MR) is 160 cm³/mol. The summed E-state index contributed by atoms with van der Waals surface area (Å²) in [5.41, 5.74) is 4.04. The number of nitrogens with one attached hydrogen (secondary N) is 2. The number of carbonyl (C=O) groups excluding carboxylic acids is 2. The van der Waals surface area contributed by atoms with E-state index in [1.807, 2.05) is 43.3 Å². The fraction of sp³-hybridized carbons (Fsp3) is 0.273. The third-order valence-electron chi connectivity index (χ3n) is 7.65. The van der Waals surface area contributed by atoms with E-state index in [0.717, 1.165) is 36.3 Å². The van der Waals surface area contributed by atoms with Crippen molar-refractivity contribution in [2.45, 2.75) is 32.7 Å². The molecule has 8 heteroatoms. The number of amides is 2. The first-order valence-corrected chi connectivity index (χ1v) is 13.7. The highest BCUT2D eigenvalue weighted by Crippen LogP contribution is 2.42. The molecular formula is C33H34FN3O4. The molecule has 0 spiro atoms. The maximum Gasteiger partial charge on any atom is 0.255 e. The minimum atomic E-state index is -0.390. The number of benzene rings is 3. The zero-order valence-corrected chi connectivity index (χ0v) is 23.9. The third kappa shape index (κ3) is 5.17. The van der Waals surface area contributed by atoms with Crippen molar-refractivity contribution in [2.75, 3.05) is 32.1 Å². The van der Waals surface area contributed by atoms with Gasteiger partial charge >= 0.3 is 0 Å². The van der Waals surface area contributed by atoms with E-state index < -0.39 is 0 Å². The molecule has 0 saturated heterocycles. The largest absolute Gasteiger partial charge is 0.496 e. The summed E-state index contributed by atoms with van der Waals surface area (Å²) < 4.78 is 25.5. The van der Waals surface area contributed by atoms with Crippen LogP contribution >= 0.6 is 0 Å². The smallest absolute Gasteiger partial charge is 0.255 e. The molecule has 0 radical (unpaired) electrons. The third-order valence-corrected chi connectivity index (χ3v) is 7.65. The summed E-state index contributed by atoms with van der Waals surface area (Å²) in [6.45, 7) is 7.58. The average Bonchev–Trinajstić information content (AvgIpc) is 3.34. The second-order valence-electron chi connectivity index (χ2n) is 10.3. The van der Waals surface area contributed by atoms with E-state index in [1.165, 1.54) is 12.1 Å². The number of hydrogen-bond acceptors (Lipinski definition) is 5. The summed E-state index contributed by atoms with van der Waals surface area (Å²) in [5, 5.41) is 6.43. The van der Waals surface area contributed by atoms with Crippen molar-refractivity contribution in [2.24, 2.45) is 0 Å². The number of halogens is 1. The Morgan fingerprint density at radius 2 is 1.71 bits per heavy atom. The second kappa shape index (κ2) is 11.1.